The van der Waals surface area contributed by atoms with Crippen LogP contribution in [0.4, 0.5) is 0 Å². The normalized spacial score (nSPS) is 32.8. The van der Waals surface area contributed by atoms with Gasteiger partial charge in [0.05, 0.1) is 81.4 Å². The molecule has 10 heteroatoms. The molecule has 4 heterocycles. The first-order valence-electron chi connectivity index (χ1n) is 23.1. The van der Waals surface area contributed by atoms with Crippen LogP contribution in [-0.4, -0.2) is 86.9 Å². The van der Waals surface area contributed by atoms with E-state index in [2.05, 4.69) is 122 Å². The lowest BCUT2D eigenvalue weighted by atomic mass is 9.80. The summed E-state index contributed by atoms with van der Waals surface area (Å²) in [6, 6.07) is 35.2. The maximum Gasteiger partial charge on any atom is 0.349 e. The van der Waals surface area contributed by atoms with Crippen molar-refractivity contribution in [2.75, 3.05) is 13.2 Å². The van der Waals surface area contributed by atoms with Crippen molar-refractivity contribution in [1.82, 2.24) is 0 Å². The molecule has 4 aromatic carbocycles. The van der Waals surface area contributed by atoms with Crippen molar-refractivity contribution in [3.05, 3.63) is 132 Å². The number of benzene rings is 4. The molecule has 4 aromatic rings. The summed E-state index contributed by atoms with van der Waals surface area (Å²) in [5.41, 5.74) is 1.92. The van der Waals surface area contributed by atoms with Gasteiger partial charge in [-0.2, -0.15) is 0 Å². The van der Waals surface area contributed by atoms with Gasteiger partial charge < -0.3 is 42.4 Å². The van der Waals surface area contributed by atoms with Crippen LogP contribution in [0.2, 0.25) is 10.1 Å². The van der Waals surface area contributed by atoms with Crippen molar-refractivity contribution >= 4 is 19.3 Å². The van der Waals surface area contributed by atoms with Gasteiger partial charge in [0.1, 0.15) is 11.7 Å². The highest BCUT2D eigenvalue weighted by Gasteiger charge is 2.67. The van der Waals surface area contributed by atoms with Crippen molar-refractivity contribution in [3.63, 3.8) is 0 Å². The Hall–Kier alpha value is -3.26. The maximum absolute atomic E-state index is 11.9. The summed E-state index contributed by atoms with van der Waals surface area (Å²) in [6.45, 7) is 19.8. The summed E-state index contributed by atoms with van der Waals surface area (Å²) in [5, 5.41) is 13.9. The minimum absolute atomic E-state index is 0.180. The fraction of sp³-hybridized carbons (Fsp3) is 0.547. The van der Waals surface area contributed by atoms with Crippen LogP contribution in [0.3, 0.4) is 0 Å². The molecular formula is C53H70O9Si. The Bertz CT molecular complexity index is 2120. The highest BCUT2D eigenvalue weighted by molar-refractivity contribution is 6.73. The third-order valence-corrected chi connectivity index (χ3v) is 18.9. The van der Waals surface area contributed by atoms with Gasteiger partial charge in [-0.25, -0.2) is 0 Å². The molecule has 9 nitrogen and oxygen atoms in total. The van der Waals surface area contributed by atoms with Gasteiger partial charge in [-0.05, 0) is 53.8 Å². The van der Waals surface area contributed by atoms with E-state index in [1.807, 2.05) is 48.6 Å². The van der Waals surface area contributed by atoms with E-state index in [1.165, 1.54) is 10.8 Å². The summed E-state index contributed by atoms with van der Waals surface area (Å²) >= 11 is 0. The van der Waals surface area contributed by atoms with E-state index in [4.69, 9.17) is 37.3 Å². The van der Waals surface area contributed by atoms with E-state index in [1.54, 1.807) is 0 Å². The van der Waals surface area contributed by atoms with Crippen LogP contribution in [0.1, 0.15) is 97.8 Å². The molecule has 63 heavy (non-hydrogen) atoms. The molecular weight excluding hydrogens is 809 g/mol. The fourth-order valence-corrected chi connectivity index (χ4v) is 15.6. The number of aliphatic hydroxyl groups is 1. The zero-order valence-electron chi connectivity index (χ0n) is 38.7. The molecule has 10 atom stereocenters. The maximum atomic E-state index is 11.9. The van der Waals surface area contributed by atoms with Gasteiger partial charge in [-0.15, -0.1) is 0 Å². The molecule has 4 aliphatic heterocycles. The first-order valence-corrected chi connectivity index (χ1v) is 24.9. The zero-order valence-corrected chi connectivity index (χ0v) is 39.7. The van der Waals surface area contributed by atoms with Crippen molar-refractivity contribution in [2.24, 2.45) is 0 Å². The van der Waals surface area contributed by atoms with E-state index < -0.39 is 44.2 Å². The Morgan fingerprint density at radius 3 is 1.95 bits per heavy atom. The molecule has 8 rings (SSSR count). The van der Waals surface area contributed by atoms with Gasteiger partial charge in [-0.1, -0.05) is 151 Å². The summed E-state index contributed by atoms with van der Waals surface area (Å²) in [7, 11) is -2.81. The molecule has 4 aliphatic rings. The Kier molecular flexibility index (Phi) is 13.9. The second-order valence-electron chi connectivity index (χ2n) is 20.8. The molecule has 0 bridgehead atoms. The van der Waals surface area contributed by atoms with Gasteiger partial charge in [0.15, 0.2) is 0 Å². The number of fused-ring (bicyclic) bond motifs is 3. The quantitative estimate of drug-likeness (QED) is 0.110. The molecule has 0 radical (unpaired) electrons. The average Bonchev–Trinajstić information content (AvgIpc) is 3.24. The smallest absolute Gasteiger partial charge is 0.349 e. The number of ether oxygens (including phenoxy) is 6. The van der Waals surface area contributed by atoms with Gasteiger partial charge in [0, 0.05) is 29.3 Å². The van der Waals surface area contributed by atoms with E-state index >= 15 is 0 Å². The predicted octanol–water partition coefficient (Wildman–Crippen LogP) is 10.5. The molecule has 0 amide bonds. The minimum Gasteiger partial charge on any atom is -0.390 e. The summed E-state index contributed by atoms with van der Waals surface area (Å²) in [4.78, 5) is 0. The number of aliphatic hydroxyl groups excluding tert-OH is 1. The first kappa shape index (κ1) is 46.3. The summed E-state index contributed by atoms with van der Waals surface area (Å²) in [5.74, 6) is 0. The van der Waals surface area contributed by atoms with Crippen molar-refractivity contribution in [1.29, 1.82) is 0 Å². The topological polar surface area (TPSA) is 94.1 Å². The molecule has 0 aromatic heterocycles. The Labute approximate surface area is 376 Å². The molecule has 0 spiro atoms. The standard InChI is InChI=1S/C53H70O9Si/c1-50(2,3)63(51(4,5)6)58-36-53(8)49(61-63)31-48-52(7,62-53)27-17-24-42(54)43(60-48)29-46-44(57-34-39-25-26-40-22-15-16-23-41(40)28-39)30-45(56-33-38-20-13-10-14-21-38)47(59-46)35-55-32-37-18-11-9-12-19-37/h9-26,28,42-49,54H,27,29-36H2,1-8H3/b24-17-/t42?,43?,44-,45+,46+,47-,48+,49-,52-,53+/m0/s1. The number of rotatable bonds is 12. The van der Waals surface area contributed by atoms with Gasteiger partial charge in [0.2, 0.25) is 0 Å². The molecule has 3 saturated heterocycles. The summed E-state index contributed by atoms with van der Waals surface area (Å²) < 4.78 is 55.7. The lowest BCUT2D eigenvalue weighted by molar-refractivity contribution is -0.304. The van der Waals surface area contributed by atoms with Crippen LogP contribution in [0.5, 0.6) is 0 Å². The van der Waals surface area contributed by atoms with Gasteiger partial charge >= 0.3 is 8.56 Å². The van der Waals surface area contributed by atoms with Crippen LogP contribution in [0.15, 0.2) is 115 Å². The number of hydrogen-bond donors (Lipinski definition) is 1. The van der Waals surface area contributed by atoms with E-state index in [0.29, 0.717) is 58.7 Å². The van der Waals surface area contributed by atoms with Gasteiger partial charge in [-0.3, -0.25) is 0 Å². The van der Waals surface area contributed by atoms with Crippen molar-refractivity contribution < 1.29 is 42.4 Å². The highest BCUT2D eigenvalue weighted by Crippen LogP contribution is 2.57. The Morgan fingerprint density at radius 2 is 1.27 bits per heavy atom. The van der Waals surface area contributed by atoms with Crippen LogP contribution in [0, 0.1) is 0 Å². The van der Waals surface area contributed by atoms with Crippen LogP contribution < -0.4 is 0 Å². The molecule has 3 fully saturated rings. The van der Waals surface area contributed by atoms with Crippen LogP contribution in [-0.2, 0) is 57.1 Å². The Morgan fingerprint density at radius 1 is 0.651 bits per heavy atom. The van der Waals surface area contributed by atoms with E-state index in [9.17, 15) is 5.11 Å². The zero-order chi connectivity index (χ0) is 44.5. The first-order chi connectivity index (χ1) is 30.0. The predicted molar refractivity (Wildman–Crippen MR) is 248 cm³/mol. The monoisotopic (exact) mass is 878 g/mol. The second-order valence-corrected chi connectivity index (χ2v) is 25.6. The highest BCUT2D eigenvalue weighted by atomic mass is 28.4. The molecule has 2 unspecified atom stereocenters. The van der Waals surface area contributed by atoms with Crippen molar-refractivity contribution in [3.8, 4) is 0 Å². The SMILES string of the molecule is CC(C)(C)[Si]1(C(C)(C)C)OC[C@@]2(C)O[C@@]3(C)C/C=C\C(O)C(C[C@H]4O[C@@H](COCc5ccccc5)[C@H](OCc5ccccc5)C[C@@H]4OCc4ccc5ccccc5c4)O[C@@H]3C[C@@H]2O1. The number of hydrogen-bond acceptors (Lipinski definition) is 9. The largest absolute Gasteiger partial charge is 0.390 e. The molecule has 0 aliphatic carbocycles. The molecule has 1 N–H and O–H groups in total. The molecule has 340 valence electrons. The average molecular weight is 879 g/mol. The lowest BCUT2D eigenvalue weighted by Crippen LogP contribution is -2.73. The summed E-state index contributed by atoms with van der Waals surface area (Å²) in [6.07, 6.45) is 2.47. The minimum atomic E-state index is -2.81. The Balaban J connectivity index is 1.06. The van der Waals surface area contributed by atoms with E-state index in [0.717, 1.165) is 16.7 Å². The molecule has 0 saturated carbocycles. The second kappa shape index (κ2) is 18.9. The van der Waals surface area contributed by atoms with Gasteiger partial charge in [0.25, 0.3) is 0 Å². The third-order valence-electron chi connectivity index (χ3n) is 13.8. The van der Waals surface area contributed by atoms with Crippen molar-refractivity contribution in [2.45, 2.75) is 171 Å². The third kappa shape index (κ3) is 10.3. The lowest BCUT2D eigenvalue weighted by Gasteiger charge is -2.62. The van der Waals surface area contributed by atoms with Crippen LogP contribution in [0.25, 0.3) is 10.8 Å². The van der Waals surface area contributed by atoms with E-state index in [-0.39, 0.29) is 34.5 Å². The fourth-order valence-electron chi connectivity index (χ4n) is 10.5. The van der Waals surface area contributed by atoms with Crippen LogP contribution >= 0.6 is 0 Å².